The fourth-order valence-electron chi connectivity index (χ4n) is 6.25. The summed E-state index contributed by atoms with van der Waals surface area (Å²) in [6, 6.07) is 14.0. The second kappa shape index (κ2) is 18.5. The molecule has 0 unspecified atom stereocenters. The average Bonchev–Trinajstić information content (AvgIpc) is 3.79. The molecule has 0 saturated carbocycles. The van der Waals surface area contributed by atoms with Crippen LogP contribution in [-0.2, 0) is 59.8 Å². The van der Waals surface area contributed by atoms with E-state index in [0.717, 1.165) is 11.1 Å². The van der Waals surface area contributed by atoms with Gasteiger partial charge in [-0.3, -0.25) is 19.2 Å². The second-order valence-corrected chi connectivity index (χ2v) is 15.2. The zero-order valence-corrected chi connectivity index (χ0v) is 32.6. The number of hydrogen-bond acceptors (Lipinski definition) is 9. The van der Waals surface area contributed by atoms with E-state index in [4.69, 9.17) is 9.47 Å². The molecule has 4 rings (SSSR count). The van der Waals surface area contributed by atoms with E-state index < -0.39 is 71.0 Å². The number of carbonyl (C=O) groups excluding carboxylic acids is 6. The Balaban J connectivity index is 1.52. The Kier molecular flexibility index (Phi) is 14.2. The summed E-state index contributed by atoms with van der Waals surface area (Å²) in [6.45, 7) is 8.39. The quantitative estimate of drug-likeness (QED) is 0.169. The first-order valence-corrected chi connectivity index (χ1v) is 18.3. The number of esters is 1. The number of imidazole rings is 1. The highest BCUT2D eigenvalue weighted by atomic mass is 16.6. The van der Waals surface area contributed by atoms with Gasteiger partial charge >= 0.3 is 12.1 Å². The number of ether oxygens (including phenoxy) is 2. The molecule has 4 atom stereocenters. The summed E-state index contributed by atoms with van der Waals surface area (Å²) in [5.74, 6) is -2.97. The minimum Gasteiger partial charge on any atom is -0.467 e. The number of likely N-dealkylation sites (tertiary alicyclic amines) is 1. The molecule has 0 radical (unpaired) electrons. The van der Waals surface area contributed by atoms with Gasteiger partial charge in [-0.05, 0) is 58.6 Å². The number of alkyl carbamates (subject to hydrolysis) is 1. The van der Waals surface area contributed by atoms with E-state index in [2.05, 4.69) is 26.3 Å². The molecule has 1 saturated heterocycles. The number of amides is 5. The van der Waals surface area contributed by atoms with Crippen LogP contribution in [0.5, 0.6) is 0 Å². The zero-order valence-electron chi connectivity index (χ0n) is 32.6. The molecule has 2 heterocycles. The Labute approximate surface area is 321 Å². The largest absolute Gasteiger partial charge is 0.467 e. The zero-order chi connectivity index (χ0) is 40.3. The molecule has 5 amide bonds. The van der Waals surface area contributed by atoms with Crippen molar-refractivity contribution >= 4 is 35.7 Å². The van der Waals surface area contributed by atoms with E-state index in [-0.39, 0.29) is 25.8 Å². The first-order valence-electron chi connectivity index (χ1n) is 18.3. The van der Waals surface area contributed by atoms with Crippen molar-refractivity contribution in [3.05, 3.63) is 90.0 Å². The Bertz CT molecular complexity index is 1810. The van der Waals surface area contributed by atoms with Crippen molar-refractivity contribution in [2.75, 3.05) is 13.7 Å². The number of carbonyl (C=O) groups is 6. The fourth-order valence-corrected chi connectivity index (χ4v) is 6.25. The van der Waals surface area contributed by atoms with Crippen LogP contribution in [-0.4, -0.2) is 99.1 Å². The summed E-state index contributed by atoms with van der Waals surface area (Å²) in [5.41, 5.74) is -0.111. The maximum absolute atomic E-state index is 14.1. The lowest BCUT2D eigenvalue weighted by Gasteiger charge is -2.32. The summed E-state index contributed by atoms with van der Waals surface area (Å²) >= 11 is 0. The minimum absolute atomic E-state index is 0.0822. The summed E-state index contributed by atoms with van der Waals surface area (Å²) < 4.78 is 12.1. The molecule has 3 aromatic rings. The van der Waals surface area contributed by atoms with Crippen molar-refractivity contribution in [1.82, 2.24) is 35.7 Å². The third-order valence-corrected chi connectivity index (χ3v) is 9.15. The molecule has 0 aliphatic carbocycles. The van der Waals surface area contributed by atoms with Crippen molar-refractivity contribution in [2.45, 2.75) is 102 Å². The lowest BCUT2D eigenvalue weighted by Crippen LogP contribution is -2.62. The van der Waals surface area contributed by atoms with Crippen LogP contribution in [0.3, 0.4) is 0 Å². The highest BCUT2D eigenvalue weighted by Gasteiger charge is 2.41. The van der Waals surface area contributed by atoms with E-state index in [9.17, 15) is 28.8 Å². The molecule has 15 nitrogen and oxygen atoms in total. The van der Waals surface area contributed by atoms with Gasteiger partial charge in [0.1, 0.15) is 35.3 Å². The third-order valence-electron chi connectivity index (χ3n) is 9.15. The summed E-state index contributed by atoms with van der Waals surface area (Å²) in [4.78, 5) is 86.8. The fraction of sp³-hybridized carbons (Fsp3) is 0.475. The van der Waals surface area contributed by atoms with Crippen LogP contribution in [0.2, 0.25) is 0 Å². The van der Waals surface area contributed by atoms with Gasteiger partial charge in [-0.25, -0.2) is 14.6 Å². The number of methoxy groups -OCH3 is 1. The van der Waals surface area contributed by atoms with Gasteiger partial charge in [0.2, 0.25) is 23.6 Å². The van der Waals surface area contributed by atoms with Crippen molar-refractivity contribution < 1.29 is 38.2 Å². The number of benzene rings is 2. The molecule has 1 fully saturated rings. The van der Waals surface area contributed by atoms with Crippen LogP contribution < -0.4 is 21.3 Å². The summed E-state index contributed by atoms with van der Waals surface area (Å²) in [7, 11) is 3.00. The van der Waals surface area contributed by atoms with Crippen molar-refractivity contribution in [3.8, 4) is 0 Å². The van der Waals surface area contributed by atoms with Crippen LogP contribution in [0.4, 0.5) is 4.79 Å². The lowest BCUT2D eigenvalue weighted by molar-refractivity contribution is -0.146. The molecule has 0 bridgehead atoms. The highest BCUT2D eigenvalue weighted by molar-refractivity contribution is 5.97. The predicted octanol–water partition coefficient (Wildman–Crippen LogP) is 2.37. The lowest BCUT2D eigenvalue weighted by atomic mass is 9.99. The number of aromatic nitrogens is 2. The Morgan fingerprint density at radius 3 is 1.96 bits per heavy atom. The van der Waals surface area contributed by atoms with Gasteiger partial charge in [-0.2, -0.15) is 0 Å². The van der Waals surface area contributed by atoms with Gasteiger partial charge in [0.05, 0.1) is 13.4 Å². The number of rotatable bonds is 15. The molecule has 4 N–H and O–H groups in total. The highest BCUT2D eigenvalue weighted by Crippen LogP contribution is 2.21. The molecule has 15 heteroatoms. The van der Waals surface area contributed by atoms with E-state index in [1.165, 1.54) is 25.9 Å². The molecular weight excluding hydrogens is 706 g/mol. The van der Waals surface area contributed by atoms with Crippen LogP contribution in [0.1, 0.15) is 64.3 Å². The van der Waals surface area contributed by atoms with Gasteiger partial charge in [-0.1, -0.05) is 60.7 Å². The Morgan fingerprint density at radius 2 is 1.42 bits per heavy atom. The molecule has 296 valence electrons. The van der Waals surface area contributed by atoms with Crippen LogP contribution in [0.25, 0.3) is 0 Å². The predicted molar refractivity (Wildman–Crippen MR) is 203 cm³/mol. The molecule has 2 aromatic carbocycles. The first kappa shape index (κ1) is 42.0. The molecular formula is C40H53N7O8. The van der Waals surface area contributed by atoms with Crippen molar-refractivity contribution in [1.29, 1.82) is 0 Å². The van der Waals surface area contributed by atoms with Crippen LogP contribution in [0.15, 0.2) is 73.2 Å². The van der Waals surface area contributed by atoms with E-state index in [1.54, 1.807) is 57.0 Å². The van der Waals surface area contributed by atoms with Crippen molar-refractivity contribution in [3.63, 3.8) is 0 Å². The third kappa shape index (κ3) is 12.1. The van der Waals surface area contributed by atoms with Gasteiger partial charge in [-0.15, -0.1) is 0 Å². The number of hydrogen-bond donors (Lipinski definition) is 4. The van der Waals surface area contributed by atoms with E-state index in [0.29, 0.717) is 18.5 Å². The molecule has 1 aromatic heterocycles. The molecule has 0 spiro atoms. The molecule has 1 aliphatic rings. The summed E-state index contributed by atoms with van der Waals surface area (Å²) in [5, 5.41) is 11.0. The van der Waals surface area contributed by atoms with Gasteiger partial charge < -0.3 is 40.2 Å². The number of nitrogens with one attached hydrogen (secondary N) is 4. The van der Waals surface area contributed by atoms with E-state index in [1.807, 2.05) is 48.5 Å². The second-order valence-electron chi connectivity index (χ2n) is 15.2. The van der Waals surface area contributed by atoms with Crippen LogP contribution >= 0.6 is 0 Å². The normalized spacial score (nSPS) is 15.9. The smallest absolute Gasteiger partial charge is 0.408 e. The molecule has 55 heavy (non-hydrogen) atoms. The average molecular weight is 760 g/mol. The maximum atomic E-state index is 14.1. The molecule has 1 aliphatic heterocycles. The van der Waals surface area contributed by atoms with E-state index >= 15 is 0 Å². The van der Waals surface area contributed by atoms with Gasteiger partial charge in [0.25, 0.3) is 0 Å². The Hall–Kier alpha value is -5.73. The Morgan fingerprint density at radius 1 is 0.818 bits per heavy atom. The standard InChI is InChI=1S/C40H53N7O8/c1-39(2,3)55-38(53)44-30(23-28-24-41-25-46(28)6)35(50)47-20-14-19-32(47)34(49)42-29(21-26-15-10-8-11-16-26)33(48)45-40(4,5)37(52)43-31(36(51)54-7)22-27-17-12-9-13-18-27/h8-13,15-18,24-25,29-32H,14,19-23H2,1-7H3,(H,42,49)(H,43,52)(H,44,53)(H,45,48)/t29-,30-,31-,32+/m0/s1. The number of nitrogens with zero attached hydrogens (tertiary/aromatic N) is 3. The first-order chi connectivity index (χ1) is 26.0. The summed E-state index contributed by atoms with van der Waals surface area (Å²) in [6.07, 6.45) is 3.59. The maximum Gasteiger partial charge on any atom is 0.408 e. The van der Waals surface area contributed by atoms with Crippen LogP contribution in [0, 0.1) is 0 Å². The SMILES string of the molecule is COC(=O)[C@H](Cc1ccccc1)NC(=O)C(C)(C)NC(=O)[C@H](Cc1ccccc1)NC(=O)[C@H]1CCCN1C(=O)[C@H](Cc1cncn1C)NC(=O)OC(C)(C)C. The number of aryl methyl sites for hydroxylation is 1. The minimum atomic E-state index is -1.53. The van der Waals surface area contributed by atoms with Gasteiger partial charge in [0.15, 0.2) is 0 Å². The topological polar surface area (TPSA) is 190 Å². The monoisotopic (exact) mass is 759 g/mol. The van der Waals surface area contributed by atoms with Crippen molar-refractivity contribution in [2.24, 2.45) is 7.05 Å². The van der Waals surface area contributed by atoms with Gasteiger partial charge in [0, 0.05) is 44.7 Å².